The van der Waals surface area contributed by atoms with E-state index in [1.165, 1.54) is 18.2 Å². The molecule has 2 aromatic carbocycles. The third-order valence-electron chi connectivity index (χ3n) is 3.16. The van der Waals surface area contributed by atoms with Crippen molar-refractivity contribution in [3.8, 4) is 0 Å². The average Bonchev–Trinajstić information content (AvgIpc) is 2.66. The van der Waals surface area contributed by atoms with Crippen molar-refractivity contribution in [2.75, 3.05) is 0 Å². The van der Waals surface area contributed by atoms with Crippen molar-refractivity contribution in [3.05, 3.63) is 71.3 Å². The lowest BCUT2D eigenvalue weighted by Gasteiger charge is -2.06. The molecule has 2 aromatic rings. The van der Waals surface area contributed by atoms with E-state index in [-0.39, 0.29) is 4.90 Å². The zero-order valence-electron chi connectivity index (χ0n) is 15.2. The summed E-state index contributed by atoms with van der Waals surface area (Å²) in [6.45, 7) is 1.84. The summed E-state index contributed by atoms with van der Waals surface area (Å²) in [5.41, 5.74) is 24.3. The van der Waals surface area contributed by atoms with Gasteiger partial charge < -0.3 is 0 Å². The molecule has 12 heteroatoms. The van der Waals surface area contributed by atoms with E-state index in [2.05, 4.69) is 0 Å². The Morgan fingerprint density at radius 1 is 0.828 bits per heavy atom. The molecule has 0 saturated carbocycles. The van der Waals surface area contributed by atoms with Gasteiger partial charge in [-0.05, 0) is 30.7 Å². The van der Waals surface area contributed by atoms with Crippen molar-refractivity contribution in [1.29, 1.82) is 22.1 Å². The van der Waals surface area contributed by atoms with Gasteiger partial charge in [0.2, 0.25) is 21.4 Å². The lowest BCUT2D eigenvalue weighted by molar-refractivity contribution is -0.110. The van der Waals surface area contributed by atoms with Crippen LogP contribution in [0.15, 0.2) is 59.5 Å². The number of fused-ring (bicyclic) bond motifs is 1. The van der Waals surface area contributed by atoms with Gasteiger partial charge >= 0.3 is 0 Å². The van der Waals surface area contributed by atoms with Crippen molar-refractivity contribution in [3.63, 3.8) is 0 Å². The first-order valence-electron chi connectivity index (χ1n) is 7.58. The topological polar surface area (TPSA) is 212 Å². The van der Waals surface area contributed by atoms with Gasteiger partial charge in [0.1, 0.15) is 22.1 Å². The standard InChI is InChI=1S/C10H6O2.C7H8O3S.2H2N3/c11-9-6-5-7-3-1-2-4-8(7)10(9)12;1-6-2-4-7(5-3-6)11(8,9)10;2*1-3-2/h1-6H;2-5H,1H3,(H,8,9,10);2*1-2H/q;;2*+1. The van der Waals surface area contributed by atoms with Gasteiger partial charge in [0.25, 0.3) is 10.1 Å². The van der Waals surface area contributed by atoms with Gasteiger partial charge in [-0.1, -0.05) is 48.0 Å². The van der Waals surface area contributed by atoms with Gasteiger partial charge in [-0.3, -0.25) is 14.1 Å². The number of allylic oxidation sites excluding steroid dienone is 1. The number of ketones is 2. The van der Waals surface area contributed by atoms with E-state index in [0.29, 0.717) is 5.56 Å². The Labute approximate surface area is 165 Å². The number of hydrogen-bond donors (Lipinski definition) is 5. The highest BCUT2D eigenvalue weighted by Gasteiger charge is 2.19. The fraction of sp³-hybridized carbons (Fsp3) is 0.0588. The summed E-state index contributed by atoms with van der Waals surface area (Å²) in [4.78, 5) is 26.1. The highest BCUT2D eigenvalue weighted by molar-refractivity contribution is 7.85. The molecule has 0 fully saturated rings. The predicted octanol–water partition coefficient (Wildman–Crippen LogP) is 2.94. The first-order chi connectivity index (χ1) is 13.6. The van der Waals surface area contributed by atoms with Crippen molar-refractivity contribution < 1.29 is 22.6 Å². The van der Waals surface area contributed by atoms with Crippen molar-refractivity contribution in [2.24, 2.45) is 0 Å². The Balaban J connectivity index is 0.000000428. The third kappa shape index (κ3) is 9.00. The molecule has 0 amide bonds. The molecule has 0 atom stereocenters. The van der Waals surface area contributed by atoms with Crippen LogP contribution in [0.1, 0.15) is 21.5 Å². The number of aryl methyl sites for hydroxylation is 1. The Bertz CT molecular complexity index is 1050. The molecule has 0 radical (unpaired) electrons. The fourth-order valence-corrected chi connectivity index (χ4v) is 2.41. The second-order valence-corrected chi connectivity index (χ2v) is 6.55. The Kier molecular flexibility index (Phi) is 10.7. The van der Waals surface area contributed by atoms with E-state index >= 15 is 0 Å². The normalized spacial score (nSPS) is 11.0. The van der Waals surface area contributed by atoms with Gasteiger partial charge in [0.05, 0.1) is 4.90 Å². The molecule has 0 unspecified atom stereocenters. The van der Waals surface area contributed by atoms with Crippen LogP contribution in [0.2, 0.25) is 0 Å². The highest BCUT2D eigenvalue weighted by Crippen LogP contribution is 2.16. The Morgan fingerprint density at radius 3 is 1.79 bits per heavy atom. The molecular formula is C17H18N6O5S+2. The molecule has 29 heavy (non-hydrogen) atoms. The summed E-state index contributed by atoms with van der Waals surface area (Å²) < 4.78 is 29.6. The lowest BCUT2D eigenvalue weighted by Crippen LogP contribution is -2.15. The number of carbonyl (C=O) groups excluding carboxylic acids is 2. The average molecular weight is 418 g/mol. The SMILES string of the molecule is Cc1ccc(S(=O)(=O)O)cc1.N=[N+]=N.N=[N+]=N.O=C1C=Cc2ccccc2C1=O. The molecule has 0 heterocycles. The van der Waals surface area contributed by atoms with Gasteiger partial charge in [-0.25, -0.2) is 0 Å². The van der Waals surface area contributed by atoms with Crippen LogP contribution >= 0.6 is 0 Å². The van der Waals surface area contributed by atoms with Crippen molar-refractivity contribution >= 4 is 27.8 Å². The zero-order valence-corrected chi connectivity index (χ0v) is 16.0. The maximum atomic E-state index is 11.2. The molecule has 0 bridgehead atoms. The maximum Gasteiger partial charge on any atom is 0.294 e. The van der Waals surface area contributed by atoms with Gasteiger partial charge in [0, 0.05) is 5.56 Å². The van der Waals surface area contributed by atoms with E-state index in [9.17, 15) is 18.0 Å². The second-order valence-electron chi connectivity index (χ2n) is 5.13. The van der Waals surface area contributed by atoms with Crippen molar-refractivity contribution in [1.82, 2.24) is 9.82 Å². The van der Waals surface area contributed by atoms with E-state index in [1.807, 2.05) is 28.9 Å². The minimum Gasteiger partial charge on any atom is -0.286 e. The first kappa shape index (κ1) is 25.1. The monoisotopic (exact) mass is 418 g/mol. The summed E-state index contributed by atoms with van der Waals surface area (Å²) in [5, 5.41) is 0. The van der Waals surface area contributed by atoms with Crippen LogP contribution in [0.5, 0.6) is 0 Å². The number of Topliss-reactive ketones (excluding diaryl/α,β-unsaturated/α-hetero) is 1. The van der Waals surface area contributed by atoms with Crippen LogP contribution in [0.25, 0.3) is 6.08 Å². The zero-order chi connectivity index (χ0) is 22.4. The maximum absolute atomic E-state index is 11.2. The van der Waals surface area contributed by atoms with E-state index in [0.717, 1.165) is 11.1 Å². The number of nitrogens with zero attached hydrogens (tertiary/aromatic N) is 2. The highest BCUT2D eigenvalue weighted by atomic mass is 32.2. The van der Waals surface area contributed by atoms with Crippen LogP contribution < -0.4 is 9.82 Å². The van der Waals surface area contributed by atoms with Crippen LogP contribution in [-0.2, 0) is 14.9 Å². The molecule has 0 aliphatic heterocycles. The molecule has 0 spiro atoms. The number of nitrogens with one attached hydrogen (secondary N) is 4. The quantitative estimate of drug-likeness (QED) is 0.204. The van der Waals surface area contributed by atoms with Crippen LogP contribution in [0, 0.1) is 29.0 Å². The Morgan fingerprint density at radius 2 is 1.31 bits per heavy atom. The van der Waals surface area contributed by atoms with E-state index in [4.69, 9.17) is 26.7 Å². The third-order valence-corrected chi connectivity index (χ3v) is 4.03. The summed E-state index contributed by atoms with van der Waals surface area (Å²) in [5.74, 6) is -0.846. The molecule has 150 valence electrons. The second kappa shape index (κ2) is 12.4. The number of rotatable bonds is 1. The lowest BCUT2D eigenvalue weighted by atomic mass is 9.96. The molecule has 1 aliphatic rings. The molecule has 1 aliphatic carbocycles. The van der Waals surface area contributed by atoms with E-state index in [1.54, 1.807) is 30.3 Å². The van der Waals surface area contributed by atoms with Crippen LogP contribution in [0.4, 0.5) is 0 Å². The smallest absolute Gasteiger partial charge is 0.286 e. The minimum atomic E-state index is -4.02. The molecule has 0 saturated heterocycles. The van der Waals surface area contributed by atoms with Crippen molar-refractivity contribution in [2.45, 2.75) is 11.8 Å². The van der Waals surface area contributed by atoms with Gasteiger partial charge in [-0.15, -0.1) is 0 Å². The van der Waals surface area contributed by atoms with E-state index < -0.39 is 21.7 Å². The van der Waals surface area contributed by atoms with Gasteiger partial charge in [-0.2, -0.15) is 8.42 Å². The summed E-state index contributed by atoms with van der Waals surface area (Å²) in [6, 6.07) is 13.1. The van der Waals surface area contributed by atoms with Crippen LogP contribution in [0.3, 0.4) is 0 Å². The molecular weight excluding hydrogens is 400 g/mol. The Hall–Kier alpha value is -3.95. The predicted molar refractivity (Wildman–Crippen MR) is 101 cm³/mol. The largest absolute Gasteiger partial charge is 0.294 e. The number of hydrogen-bond acceptors (Lipinski definition) is 8. The van der Waals surface area contributed by atoms with Gasteiger partial charge in [0.15, 0.2) is 0 Å². The molecule has 0 aromatic heterocycles. The minimum absolute atomic E-state index is 0.0666. The number of carbonyl (C=O) groups is 2. The molecule has 5 N–H and O–H groups in total. The first-order valence-corrected chi connectivity index (χ1v) is 9.02. The summed E-state index contributed by atoms with van der Waals surface area (Å²) >= 11 is 0. The summed E-state index contributed by atoms with van der Waals surface area (Å²) in [7, 11) is -4.02. The molecule has 3 rings (SSSR count). The molecule has 11 nitrogen and oxygen atoms in total. The summed E-state index contributed by atoms with van der Waals surface area (Å²) in [6.07, 6.45) is 2.98. The number of benzene rings is 2. The van der Waals surface area contributed by atoms with Crippen LogP contribution in [-0.4, -0.2) is 24.5 Å². The fourth-order valence-electron chi connectivity index (χ4n) is 1.93.